The maximum atomic E-state index is 10.5. The van der Waals surface area contributed by atoms with Gasteiger partial charge >= 0.3 is 5.97 Å². The highest BCUT2D eigenvalue weighted by Crippen LogP contribution is 2.13. The van der Waals surface area contributed by atoms with Crippen LogP contribution in [0.2, 0.25) is 0 Å². The van der Waals surface area contributed by atoms with E-state index in [0.29, 0.717) is 6.61 Å². The number of rotatable bonds is 11. The molecule has 0 aromatic carbocycles. The fourth-order valence-electron chi connectivity index (χ4n) is 1.77. The molecule has 0 fully saturated rings. The smallest absolute Gasteiger partial charge is 0.302 e. The number of ether oxygens (including phenoxy) is 1. The van der Waals surface area contributed by atoms with Gasteiger partial charge in [0.25, 0.3) is 0 Å². The largest absolute Gasteiger partial charge is 0.466 e. The van der Waals surface area contributed by atoms with Gasteiger partial charge in [-0.2, -0.15) is 0 Å². The number of hydrogen-bond acceptors (Lipinski definition) is 2. The summed E-state index contributed by atoms with van der Waals surface area (Å²) in [5.74, 6) is 0.657. The number of carbonyl (C=O) groups is 1. The number of esters is 1. The summed E-state index contributed by atoms with van der Waals surface area (Å²) >= 11 is 3.51. The SMILES string of the molecule is CC(=O)OCCCCCCCCCC(C)CBr. The molecule has 0 aromatic rings. The van der Waals surface area contributed by atoms with Crippen molar-refractivity contribution >= 4 is 21.9 Å². The van der Waals surface area contributed by atoms with E-state index in [0.717, 1.165) is 17.7 Å². The monoisotopic (exact) mass is 306 g/mol. The number of halogens is 1. The van der Waals surface area contributed by atoms with Crippen molar-refractivity contribution in [2.75, 3.05) is 11.9 Å². The molecule has 3 heteroatoms. The van der Waals surface area contributed by atoms with Crippen LogP contribution in [-0.2, 0) is 9.53 Å². The molecule has 102 valence electrons. The van der Waals surface area contributed by atoms with Gasteiger partial charge in [-0.05, 0) is 18.8 Å². The van der Waals surface area contributed by atoms with Crippen molar-refractivity contribution in [2.24, 2.45) is 5.92 Å². The van der Waals surface area contributed by atoms with Crippen molar-refractivity contribution in [3.63, 3.8) is 0 Å². The van der Waals surface area contributed by atoms with E-state index in [1.807, 2.05) is 0 Å². The number of unbranched alkanes of at least 4 members (excludes halogenated alkanes) is 6. The molecule has 0 N–H and O–H groups in total. The first-order valence-corrected chi connectivity index (χ1v) is 7.98. The van der Waals surface area contributed by atoms with Crippen LogP contribution in [-0.4, -0.2) is 17.9 Å². The Labute approximate surface area is 115 Å². The van der Waals surface area contributed by atoms with Gasteiger partial charge in [-0.1, -0.05) is 61.4 Å². The van der Waals surface area contributed by atoms with Gasteiger partial charge in [-0.25, -0.2) is 0 Å². The summed E-state index contributed by atoms with van der Waals surface area (Å²) in [6, 6.07) is 0. The van der Waals surface area contributed by atoms with Crippen LogP contribution < -0.4 is 0 Å². The predicted octanol–water partition coefficient (Wildman–Crippen LogP) is 4.70. The van der Waals surface area contributed by atoms with Gasteiger partial charge in [0.15, 0.2) is 0 Å². The first-order valence-electron chi connectivity index (χ1n) is 6.86. The van der Waals surface area contributed by atoms with E-state index in [2.05, 4.69) is 22.9 Å². The Morgan fingerprint density at radius 1 is 1.06 bits per heavy atom. The van der Waals surface area contributed by atoms with Gasteiger partial charge in [0.05, 0.1) is 6.61 Å². The number of alkyl halides is 1. The molecule has 0 aliphatic heterocycles. The molecule has 0 spiro atoms. The van der Waals surface area contributed by atoms with E-state index in [-0.39, 0.29) is 5.97 Å². The highest BCUT2D eigenvalue weighted by Gasteiger charge is 1.99. The van der Waals surface area contributed by atoms with Crippen molar-refractivity contribution in [3.8, 4) is 0 Å². The van der Waals surface area contributed by atoms with Gasteiger partial charge in [0, 0.05) is 12.3 Å². The van der Waals surface area contributed by atoms with E-state index in [1.165, 1.54) is 51.9 Å². The molecule has 0 saturated carbocycles. The van der Waals surface area contributed by atoms with E-state index in [1.54, 1.807) is 0 Å². The summed E-state index contributed by atoms with van der Waals surface area (Å²) in [5.41, 5.74) is 0. The van der Waals surface area contributed by atoms with Gasteiger partial charge in [-0.15, -0.1) is 0 Å². The average molecular weight is 307 g/mol. The van der Waals surface area contributed by atoms with Crippen molar-refractivity contribution < 1.29 is 9.53 Å². The van der Waals surface area contributed by atoms with Gasteiger partial charge < -0.3 is 4.74 Å². The summed E-state index contributed by atoms with van der Waals surface area (Å²) in [4.78, 5) is 10.5. The van der Waals surface area contributed by atoms with Crippen LogP contribution in [0.4, 0.5) is 0 Å². The topological polar surface area (TPSA) is 26.3 Å². The normalized spacial score (nSPS) is 12.4. The molecule has 0 aromatic heterocycles. The third kappa shape index (κ3) is 13.9. The molecule has 0 bridgehead atoms. The summed E-state index contributed by atoms with van der Waals surface area (Å²) in [7, 11) is 0. The Balaban J connectivity index is 3.01. The zero-order chi connectivity index (χ0) is 12.9. The van der Waals surface area contributed by atoms with Crippen LogP contribution in [0.1, 0.15) is 65.2 Å². The van der Waals surface area contributed by atoms with Crippen LogP contribution in [0, 0.1) is 5.92 Å². The second kappa shape index (κ2) is 12.4. The van der Waals surface area contributed by atoms with Gasteiger partial charge in [-0.3, -0.25) is 4.79 Å². The minimum atomic E-state index is -0.161. The van der Waals surface area contributed by atoms with E-state index in [9.17, 15) is 4.79 Å². The molecule has 0 heterocycles. The van der Waals surface area contributed by atoms with E-state index in [4.69, 9.17) is 4.74 Å². The Morgan fingerprint density at radius 2 is 1.59 bits per heavy atom. The average Bonchev–Trinajstić information content (AvgIpc) is 2.30. The van der Waals surface area contributed by atoms with Gasteiger partial charge in [0.1, 0.15) is 0 Å². The van der Waals surface area contributed by atoms with Gasteiger partial charge in [0.2, 0.25) is 0 Å². The molecule has 0 rings (SSSR count). The lowest BCUT2D eigenvalue weighted by molar-refractivity contribution is -0.141. The molecular formula is C14H27BrO2. The lowest BCUT2D eigenvalue weighted by Gasteiger charge is -2.06. The van der Waals surface area contributed by atoms with Crippen molar-refractivity contribution in [2.45, 2.75) is 65.2 Å². The fourth-order valence-corrected chi connectivity index (χ4v) is 2.10. The molecule has 0 radical (unpaired) electrons. The van der Waals surface area contributed by atoms with Crippen molar-refractivity contribution in [1.82, 2.24) is 0 Å². The molecule has 0 aliphatic rings. The number of hydrogen-bond donors (Lipinski definition) is 0. The first kappa shape index (κ1) is 16.9. The molecule has 1 unspecified atom stereocenters. The summed E-state index contributed by atoms with van der Waals surface area (Å²) < 4.78 is 4.88. The van der Waals surface area contributed by atoms with Crippen molar-refractivity contribution in [3.05, 3.63) is 0 Å². The number of carbonyl (C=O) groups excluding carboxylic acids is 1. The molecule has 0 saturated heterocycles. The quantitative estimate of drug-likeness (QED) is 0.314. The lowest BCUT2D eigenvalue weighted by atomic mass is 10.0. The second-order valence-electron chi connectivity index (χ2n) is 4.86. The van der Waals surface area contributed by atoms with Crippen LogP contribution >= 0.6 is 15.9 Å². The second-order valence-corrected chi connectivity index (χ2v) is 5.51. The molecule has 1 atom stereocenters. The van der Waals surface area contributed by atoms with E-state index < -0.39 is 0 Å². The lowest BCUT2D eigenvalue weighted by Crippen LogP contribution is -2.00. The maximum absolute atomic E-state index is 10.5. The standard InChI is InChI=1S/C14H27BrO2/c1-13(12-15)10-8-6-4-3-5-7-9-11-17-14(2)16/h13H,3-12H2,1-2H3. The molecule has 0 aliphatic carbocycles. The zero-order valence-electron chi connectivity index (χ0n) is 11.3. The molecule has 2 nitrogen and oxygen atoms in total. The predicted molar refractivity (Wildman–Crippen MR) is 76.5 cm³/mol. The van der Waals surface area contributed by atoms with Crippen LogP contribution in [0.3, 0.4) is 0 Å². The summed E-state index contributed by atoms with van der Waals surface area (Å²) in [6.45, 7) is 4.36. The van der Waals surface area contributed by atoms with Crippen LogP contribution in [0.25, 0.3) is 0 Å². The van der Waals surface area contributed by atoms with Crippen LogP contribution in [0.15, 0.2) is 0 Å². The zero-order valence-corrected chi connectivity index (χ0v) is 12.9. The highest BCUT2D eigenvalue weighted by molar-refractivity contribution is 9.09. The molecular weight excluding hydrogens is 280 g/mol. The Morgan fingerprint density at radius 3 is 2.12 bits per heavy atom. The third-order valence-electron chi connectivity index (χ3n) is 2.91. The van der Waals surface area contributed by atoms with Crippen LogP contribution in [0.5, 0.6) is 0 Å². The Bertz CT molecular complexity index is 183. The minimum absolute atomic E-state index is 0.161. The summed E-state index contributed by atoms with van der Waals surface area (Å²) in [6.07, 6.45) is 10.2. The Kier molecular flexibility index (Phi) is 12.4. The van der Waals surface area contributed by atoms with Crippen molar-refractivity contribution in [1.29, 1.82) is 0 Å². The van der Waals surface area contributed by atoms with E-state index >= 15 is 0 Å². The minimum Gasteiger partial charge on any atom is -0.466 e. The first-order chi connectivity index (χ1) is 8.16. The molecule has 0 amide bonds. The summed E-state index contributed by atoms with van der Waals surface area (Å²) in [5, 5.41) is 1.13. The fraction of sp³-hybridized carbons (Fsp3) is 0.929. The third-order valence-corrected chi connectivity index (χ3v) is 4.02. The Hall–Kier alpha value is -0.0500. The highest BCUT2D eigenvalue weighted by atomic mass is 79.9. The maximum Gasteiger partial charge on any atom is 0.302 e. The molecule has 17 heavy (non-hydrogen) atoms.